The van der Waals surface area contributed by atoms with Crippen LogP contribution in [0.4, 0.5) is 0 Å². The summed E-state index contributed by atoms with van der Waals surface area (Å²) < 4.78 is 6.98. The van der Waals surface area contributed by atoms with E-state index in [-0.39, 0.29) is 11.4 Å². The molecular weight excluding hydrogens is 248 g/mol. The van der Waals surface area contributed by atoms with Gasteiger partial charge in [-0.15, -0.1) is 0 Å². The maximum atomic E-state index is 10.9. The number of benzene rings is 1. The first-order valence-electron chi connectivity index (χ1n) is 5.55. The molecule has 0 atom stereocenters. The number of carboxylic acids is 1. The molecule has 0 amide bonds. The zero-order valence-corrected chi connectivity index (χ0v) is 9.99. The molecule has 3 aromatic rings. The van der Waals surface area contributed by atoms with Crippen LogP contribution in [0.5, 0.6) is 5.75 Å². The van der Waals surface area contributed by atoms with Gasteiger partial charge in [0.05, 0.1) is 0 Å². The van der Waals surface area contributed by atoms with Gasteiger partial charge < -0.3 is 14.6 Å². The van der Waals surface area contributed by atoms with E-state index in [1.54, 1.807) is 25.2 Å². The number of aromatic nitrogens is 2. The van der Waals surface area contributed by atoms with Crippen LogP contribution in [0.25, 0.3) is 22.4 Å². The number of fused-ring (bicyclic) bond motifs is 1. The minimum Gasteiger partial charge on any atom is -0.504 e. The zero-order valence-electron chi connectivity index (χ0n) is 9.99. The number of aromatic hydroxyl groups is 1. The number of nitrogens with zero attached hydrogens (tertiary/aromatic N) is 2. The Kier molecular flexibility index (Phi) is 2.31. The largest absolute Gasteiger partial charge is 0.504 e. The topological polar surface area (TPSA) is 88.5 Å². The summed E-state index contributed by atoms with van der Waals surface area (Å²) >= 11 is 0. The standard InChI is InChI=1S/C13H10N2O4/c1-15-9(6-8(14-15)13(17)18)11-5-7-3-2-4-10(16)12(7)19-11/h2-6,16H,1H3,(H,17,18). The minimum atomic E-state index is -1.10. The molecule has 0 aliphatic rings. The molecule has 0 bridgehead atoms. The van der Waals surface area contributed by atoms with Gasteiger partial charge in [-0.1, -0.05) is 12.1 Å². The molecule has 96 valence electrons. The number of aromatic carboxylic acids is 1. The number of para-hydroxylation sites is 1. The first-order chi connectivity index (χ1) is 9.06. The second kappa shape index (κ2) is 3.88. The SMILES string of the molecule is Cn1nc(C(=O)O)cc1-c1cc2cccc(O)c2o1. The molecule has 0 radical (unpaired) electrons. The maximum absolute atomic E-state index is 10.9. The van der Waals surface area contributed by atoms with Crippen LogP contribution in [0.2, 0.25) is 0 Å². The fraction of sp³-hybridized carbons (Fsp3) is 0.0769. The van der Waals surface area contributed by atoms with Crippen LogP contribution in [0, 0.1) is 0 Å². The van der Waals surface area contributed by atoms with Gasteiger partial charge in [0.25, 0.3) is 0 Å². The molecule has 2 aromatic heterocycles. The molecule has 3 rings (SSSR count). The molecule has 19 heavy (non-hydrogen) atoms. The van der Waals surface area contributed by atoms with E-state index in [1.807, 2.05) is 0 Å². The Morgan fingerprint density at radius 2 is 2.16 bits per heavy atom. The molecule has 2 heterocycles. The summed E-state index contributed by atoms with van der Waals surface area (Å²) in [5, 5.41) is 23.2. The molecule has 6 nitrogen and oxygen atoms in total. The van der Waals surface area contributed by atoms with Crippen molar-refractivity contribution >= 4 is 16.9 Å². The lowest BCUT2D eigenvalue weighted by atomic mass is 10.2. The predicted octanol–water partition coefficient (Wildman–Crippen LogP) is 2.24. The number of rotatable bonds is 2. The molecule has 0 saturated carbocycles. The Morgan fingerprint density at radius 1 is 1.37 bits per heavy atom. The molecule has 2 N–H and O–H groups in total. The summed E-state index contributed by atoms with van der Waals surface area (Å²) in [6, 6.07) is 8.20. The van der Waals surface area contributed by atoms with Crippen molar-refractivity contribution in [2.45, 2.75) is 0 Å². The summed E-state index contributed by atoms with van der Waals surface area (Å²) in [6.07, 6.45) is 0. The Balaban J connectivity index is 2.19. The second-order valence-corrected chi connectivity index (χ2v) is 4.15. The third-order valence-corrected chi connectivity index (χ3v) is 2.87. The van der Waals surface area contributed by atoms with E-state index in [2.05, 4.69) is 5.10 Å². The number of furan rings is 1. The third kappa shape index (κ3) is 1.74. The summed E-state index contributed by atoms with van der Waals surface area (Å²) in [5.74, 6) is -0.593. The monoisotopic (exact) mass is 258 g/mol. The van der Waals surface area contributed by atoms with Gasteiger partial charge in [-0.05, 0) is 12.1 Å². The molecule has 0 unspecified atom stereocenters. The van der Waals surface area contributed by atoms with Gasteiger partial charge in [0, 0.05) is 18.5 Å². The highest BCUT2D eigenvalue weighted by Gasteiger charge is 2.16. The fourth-order valence-electron chi connectivity index (χ4n) is 1.98. The summed E-state index contributed by atoms with van der Waals surface area (Å²) in [6.45, 7) is 0. The lowest BCUT2D eigenvalue weighted by molar-refractivity contribution is 0.0689. The molecule has 0 fully saturated rings. The van der Waals surface area contributed by atoms with Crippen molar-refractivity contribution in [3.63, 3.8) is 0 Å². The third-order valence-electron chi connectivity index (χ3n) is 2.87. The van der Waals surface area contributed by atoms with Gasteiger partial charge in [0.1, 0.15) is 5.69 Å². The quantitative estimate of drug-likeness (QED) is 0.735. The maximum Gasteiger partial charge on any atom is 0.356 e. The molecule has 0 aliphatic carbocycles. The van der Waals surface area contributed by atoms with E-state index >= 15 is 0 Å². The highest BCUT2D eigenvalue weighted by molar-refractivity contribution is 5.89. The number of aryl methyl sites for hydroxylation is 1. The Bertz CT molecular complexity index is 785. The van der Waals surface area contributed by atoms with E-state index < -0.39 is 5.97 Å². The minimum absolute atomic E-state index is 0.0457. The zero-order chi connectivity index (χ0) is 13.6. The van der Waals surface area contributed by atoms with Crippen molar-refractivity contribution in [3.05, 3.63) is 36.0 Å². The van der Waals surface area contributed by atoms with Gasteiger partial charge in [0.2, 0.25) is 0 Å². The lowest BCUT2D eigenvalue weighted by Crippen LogP contribution is -1.99. The van der Waals surface area contributed by atoms with Gasteiger partial charge in [-0.3, -0.25) is 4.68 Å². The van der Waals surface area contributed by atoms with E-state index in [4.69, 9.17) is 9.52 Å². The number of hydrogen-bond donors (Lipinski definition) is 2. The van der Waals surface area contributed by atoms with Gasteiger partial charge in [-0.2, -0.15) is 5.10 Å². The van der Waals surface area contributed by atoms with Crippen LogP contribution in [-0.2, 0) is 7.05 Å². The van der Waals surface area contributed by atoms with Crippen molar-refractivity contribution < 1.29 is 19.4 Å². The van der Waals surface area contributed by atoms with E-state index in [0.717, 1.165) is 5.39 Å². The van der Waals surface area contributed by atoms with Crippen LogP contribution in [0.1, 0.15) is 10.5 Å². The smallest absolute Gasteiger partial charge is 0.356 e. The lowest BCUT2D eigenvalue weighted by Gasteiger charge is -1.95. The summed E-state index contributed by atoms with van der Waals surface area (Å²) in [7, 11) is 1.63. The number of carbonyl (C=O) groups is 1. The van der Waals surface area contributed by atoms with Crippen molar-refractivity contribution in [1.82, 2.24) is 9.78 Å². The average Bonchev–Trinajstić information content (AvgIpc) is 2.93. The highest BCUT2D eigenvalue weighted by atomic mass is 16.4. The number of carboxylic acid groups (broad SMARTS) is 1. The predicted molar refractivity (Wildman–Crippen MR) is 67.0 cm³/mol. The first kappa shape index (κ1) is 11.3. The van der Waals surface area contributed by atoms with Crippen molar-refractivity contribution in [2.75, 3.05) is 0 Å². The number of phenols is 1. The summed E-state index contributed by atoms with van der Waals surface area (Å²) in [4.78, 5) is 10.9. The van der Waals surface area contributed by atoms with E-state index in [9.17, 15) is 9.90 Å². The Morgan fingerprint density at radius 3 is 2.79 bits per heavy atom. The van der Waals surface area contributed by atoms with E-state index in [0.29, 0.717) is 17.0 Å². The molecular formula is C13H10N2O4. The molecule has 1 aromatic carbocycles. The highest BCUT2D eigenvalue weighted by Crippen LogP contribution is 2.32. The van der Waals surface area contributed by atoms with Crippen LogP contribution in [0.15, 0.2) is 34.7 Å². The second-order valence-electron chi connectivity index (χ2n) is 4.15. The van der Waals surface area contributed by atoms with Crippen molar-refractivity contribution in [1.29, 1.82) is 0 Å². The van der Waals surface area contributed by atoms with Crippen LogP contribution in [-0.4, -0.2) is 26.0 Å². The van der Waals surface area contributed by atoms with Crippen molar-refractivity contribution in [2.24, 2.45) is 7.05 Å². The molecule has 0 spiro atoms. The Labute approximate surface area is 107 Å². The molecule has 0 saturated heterocycles. The van der Waals surface area contributed by atoms with Crippen molar-refractivity contribution in [3.8, 4) is 17.2 Å². The normalized spacial score (nSPS) is 11.0. The van der Waals surface area contributed by atoms with Gasteiger partial charge in [0.15, 0.2) is 22.8 Å². The van der Waals surface area contributed by atoms with Crippen LogP contribution < -0.4 is 0 Å². The number of phenolic OH excluding ortho intramolecular Hbond substituents is 1. The Hall–Kier alpha value is -2.76. The molecule has 0 aliphatic heterocycles. The fourth-order valence-corrected chi connectivity index (χ4v) is 1.98. The van der Waals surface area contributed by atoms with E-state index in [1.165, 1.54) is 16.8 Å². The molecule has 6 heteroatoms. The summed E-state index contributed by atoms with van der Waals surface area (Å²) in [5.41, 5.74) is 0.853. The van der Waals surface area contributed by atoms with Crippen LogP contribution >= 0.6 is 0 Å². The van der Waals surface area contributed by atoms with Gasteiger partial charge in [-0.25, -0.2) is 4.79 Å². The number of hydrogen-bond acceptors (Lipinski definition) is 4. The van der Waals surface area contributed by atoms with Crippen LogP contribution in [0.3, 0.4) is 0 Å². The van der Waals surface area contributed by atoms with Gasteiger partial charge >= 0.3 is 5.97 Å². The average molecular weight is 258 g/mol. The first-order valence-corrected chi connectivity index (χ1v) is 5.55.